The molecular weight excluding hydrogens is 120 g/mol. The Labute approximate surface area is 61.3 Å². The molecular formula is C10H10. The Morgan fingerprint density at radius 2 is 2.10 bits per heavy atom. The summed E-state index contributed by atoms with van der Waals surface area (Å²) in [6.45, 7) is 0. The van der Waals surface area contributed by atoms with E-state index in [0.717, 1.165) is 12.8 Å². The molecule has 0 aromatic heterocycles. The molecule has 0 heteroatoms. The fraction of sp³-hybridized carbons (Fsp3) is 0.200. The van der Waals surface area contributed by atoms with Crippen molar-refractivity contribution in [3.05, 3.63) is 47.6 Å². The first-order valence-electron chi connectivity index (χ1n) is 3.69. The van der Waals surface area contributed by atoms with Gasteiger partial charge in [0.2, 0.25) is 0 Å². The fourth-order valence-corrected chi connectivity index (χ4v) is 1.39. The molecule has 2 aliphatic rings. The van der Waals surface area contributed by atoms with E-state index in [2.05, 4.69) is 36.5 Å². The van der Waals surface area contributed by atoms with Gasteiger partial charge in [0, 0.05) is 0 Å². The number of hydrogen-bond donors (Lipinski definition) is 0. The van der Waals surface area contributed by atoms with Crippen molar-refractivity contribution in [2.24, 2.45) is 0 Å². The Balaban J connectivity index is 2.37. The first-order chi connectivity index (χ1) is 4.97. The third-order valence-electron chi connectivity index (χ3n) is 1.93. The average Bonchev–Trinajstić information content (AvgIpc) is 2.28. The highest BCUT2D eigenvalue weighted by Gasteiger charge is 2.05. The molecule has 0 N–H and O–H groups in total. The van der Waals surface area contributed by atoms with Gasteiger partial charge in [0.25, 0.3) is 0 Å². The highest BCUT2D eigenvalue weighted by Crippen LogP contribution is 2.25. The molecule has 0 amide bonds. The second kappa shape index (κ2) is 2.30. The molecule has 0 fully saturated rings. The molecule has 0 aromatic rings. The van der Waals surface area contributed by atoms with E-state index in [9.17, 15) is 0 Å². The predicted molar refractivity (Wildman–Crippen MR) is 43.7 cm³/mol. The zero-order chi connectivity index (χ0) is 6.81. The van der Waals surface area contributed by atoms with Gasteiger partial charge in [0.15, 0.2) is 0 Å². The Morgan fingerprint density at radius 1 is 1.10 bits per heavy atom. The predicted octanol–water partition coefficient (Wildman–Crippen LogP) is 2.76. The van der Waals surface area contributed by atoms with Crippen LogP contribution in [0.25, 0.3) is 0 Å². The van der Waals surface area contributed by atoms with Crippen LogP contribution in [-0.2, 0) is 0 Å². The first kappa shape index (κ1) is 5.72. The van der Waals surface area contributed by atoms with Gasteiger partial charge in [-0.25, -0.2) is 0 Å². The first-order valence-corrected chi connectivity index (χ1v) is 3.69. The summed E-state index contributed by atoms with van der Waals surface area (Å²) in [5.74, 6) is 0. The number of fused-ring (bicyclic) bond motifs is 1. The minimum atomic E-state index is 1.11. The average molecular weight is 130 g/mol. The van der Waals surface area contributed by atoms with Crippen LogP contribution >= 0.6 is 0 Å². The van der Waals surface area contributed by atoms with Gasteiger partial charge in [0.1, 0.15) is 0 Å². The monoisotopic (exact) mass is 130 g/mol. The van der Waals surface area contributed by atoms with Crippen molar-refractivity contribution in [3.8, 4) is 0 Å². The largest absolute Gasteiger partial charge is 0.0801 e. The van der Waals surface area contributed by atoms with Gasteiger partial charge in [-0.2, -0.15) is 0 Å². The summed E-state index contributed by atoms with van der Waals surface area (Å²) < 4.78 is 0. The molecule has 0 saturated heterocycles. The van der Waals surface area contributed by atoms with Gasteiger partial charge in [-0.05, 0) is 24.0 Å². The summed E-state index contributed by atoms with van der Waals surface area (Å²) in [4.78, 5) is 0. The van der Waals surface area contributed by atoms with Crippen LogP contribution in [0, 0.1) is 0 Å². The maximum absolute atomic E-state index is 2.30. The smallest absolute Gasteiger partial charge is 0.00916 e. The van der Waals surface area contributed by atoms with E-state index in [1.807, 2.05) is 0 Å². The van der Waals surface area contributed by atoms with E-state index in [1.54, 1.807) is 0 Å². The maximum Gasteiger partial charge on any atom is -0.00916 e. The molecule has 10 heavy (non-hydrogen) atoms. The Bertz CT molecular complexity index is 249. The molecule has 0 saturated carbocycles. The van der Waals surface area contributed by atoms with Crippen molar-refractivity contribution < 1.29 is 0 Å². The van der Waals surface area contributed by atoms with Gasteiger partial charge >= 0.3 is 0 Å². The molecule has 2 rings (SSSR count). The van der Waals surface area contributed by atoms with Crippen molar-refractivity contribution >= 4 is 0 Å². The molecule has 0 radical (unpaired) electrons. The Hall–Kier alpha value is -1.04. The lowest BCUT2D eigenvalue weighted by atomic mass is 10.1. The van der Waals surface area contributed by atoms with Crippen molar-refractivity contribution in [2.75, 3.05) is 0 Å². The minimum absolute atomic E-state index is 1.11. The lowest BCUT2D eigenvalue weighted by Gasteiger charge is -1.96. The third-order valence-corrected chi connectivity index (χ3v) is 1.93. The van der Waals surface area contributed by atoms with E-state index >= 15 is 0 Å². The van der Waals surface area contributed by atoms with E-state index in [4.69, 9.17) is 0 Å². The summed E-state index contributed by atoms with van der Waals surface area (Å²) in [5.41, 5.74) is 2.91. The van der Waals surface area contributed by atoms with E-state index in [0.29, 0.717) is 0 Å². The molecule has 0 aliphatic heterocycles. The van der Waals surface area contributed by atoms with Crippen LogP contribution in [-0.4, -0.2) is 0 Å². The highest BCUT2D eigenvalue weighted by atomic mass is 14.1. The summed E-state index contributed by atoms with van der Waals surface area (Å²) >= 11 is 0. The fourth-order valence-electron chi connectivity index (χ4n) is 1.39. The normalized spacial score (nSPS) is 21.6. The standard InChI is InChI=1S/C10H10/c1-2-5-9-7-4-8-10(9)6-3-1/h1-3,5,7-8H,4,6H2. The van der Waals surface area contributed by atoms with Gasteiger partial charge in [-0.15, -0.1) is 0 Å². The molecule has 0 aromatic carbocycles. The quantitative estimate of drug-likeness (QED) is 0.473. The summed E-state index contributed by atoms with van der Waals surface area (Å²) in [7, 11) is 0. The van der Waals surface area contributed by atoms with Crippen LogP contribution in [0.5, 0.6) is 0 Å². The molecule has 0 bridgehead atoms. The van der Waals surface area contributed by atoms with E-state index < -0.39 is 0 Å². The van der Waals surface area contributed by atoms with Crippen LogP contribution in [0.2, 0.25) is 0 Å². The topological polar surface area (TPSA) is 0 Å². The van der Waals surface area contributed by atoms with Gasteiger partial charge < -0.3 is 0 Å². The molecule has 2 aliphatic carbocycles. The van der Waals surface area contributed by atoms with Gasteiger partial charge in [0.05, 0.1) is 0 Å². The lowest BCUT2D eigenvalue weighted by Crippen LogP contribution is -1.77. The van der Waals surface area contributed by atoms with Crippen molar-refractivity contribution in [3.63, 3.8) is 0 Å². The zero-order valence-corrected chi connectivity index (χ0v) is 5.88. The van der Waals surface area contributed by atoms with Crippen LogP contribution < -0.4 is 0 Å². The summed E-state index contributed by atoms with van der Waals surface area (Å²) in [6.07, 6.45) is 15.4. The van der Waals surface area contributed by atoms with Crippen LogP contribution in [0.4, 0.5) is 0 Å². The van der Waals surface area contributed by atoms with Crippen LogP contribution in [0.15, 0.2) is 47.6 Å². The lowest BCUT2D eigenvalue weighted by molar-refractivity contribution is 1.27. The van der Waals surface area contributed by atoms with Gasteiger partial charge in [-0.3, -0.25) is 0 Å². The molecule has 0 nitrogen and oxygen atoms in total. The van der Waals surface area contributed by atoms with E-state index in [-0.39, 0.29) is 0 Å². The Morgan fingerprint density at radius 3 is 3.10 bits per heavy atom. The van der Waals surface area contributed by atoms with Crippen molar-refractivity contribution in [2.45, 2.75) is 12.8 Å². The van der Waals surface area contributed by atoms with Gasteiger partial charge in [-0.1, -0.05) is 36.5 Å². The SMILES string of the molecule is C1=CCC2=CCC=C2C=C1. The highest BCUT2D eigenvalue weighted by molar-refractivity contribution is 5.47. The molecule has 0 heterocycles. The molecule has 0 spiro atoms. The zero-order valence-electron chi connectivity index (χ0n) is 5.88. The van der Waals surface area contributed by atoms with Crippen LogP contribution in [0.3, 0.4) is 0 Å². The van der Waals surface area contributed by atoms with Crippen LogP contribution in [0.1, 0.15) is 12.8 Å². The minimum Gasteiger partial charge on any atom is -0.0801 e. The number of allylic oxidation sites excluding steroid dienone is 8. The summed E-state index contributed by atoms with van der Waals surface area (Å²) in [6, 6.07) is 0. The number of hydrogen-bond acceptors (Lipinski definition) is 0. The molecule has 0 atom stereocenters. The number of rotatable bonds is 0. The third kappa shape index (κ3) is 0.860. The van der Waals surface area contributed by atoms with Crippen molar-refractivity contribution in [1.29, 1.82) is 0 Å². The Kier molecular flexibility index (Phi) is 1.31. The molecule has 0 unspecified atom stereocenters. The second-order valence-corrected chi connectivity index (χ2v) is 2.62. The second-order valence-electron chi connectivity index (χ2n) is 2.62. The van der Waals surface area contributed by atoms with Crippen molar-refractivity contribution in [1.82, 2.24) is 0 Å². The maximum atomic E-state index is 2.30. The molecule has 50 valence electrons. The van der Waals surface area contributed by atoms with E-state index in [1.165, 1.54) is 11.1 Å². The summed E-state index contributed by atoms with van der Waals surface area (Å²) in [5, 5.41) is 0.